The molecule has 2 N–H and O–H groups in total. The molecule has 0 atom stereocenters. The van der Waals surface area contributed by atoms with Crippen LogP contribution in [0.25, 0.3) is 0 Å². The van der Waals surface area contributed by atoms with E-state index in [4.69, 9.17) is 0 Å². The highest BCUT2D eigenvalue weighted by Gasteiger charge is 2.13. The number of anilines is 2. The fourth-order valence-electron chi connectivity index (χ4n) is 2.14. The molecule has 0 aliphatic rings. The van der Waals surface area contributed by atoms with E-state index in [1.165, 1.54) is 0 Å². The van der Waals surface area contributed by atoms with Crippen LogP contribution in [0, 0.1) is 31.3 Å². The molecule has 23 heavy (non-hydrogen) atoms. The zero-order valence-electron chi connectivity index (χ0n) is 12.8. The van der Waals surface area contributed by atoms with Gasteiger partial charge in [0.05, 0.1) is 5.69 Å². The van der Waals surface area contributed by atoms with Crippen molar-refractivity contribution in [2.45, 2.75) is 20.3 Å². The number of hydrogen-bond acceptors (Lipinski definition) is 2. The van der Waals surface area contributed by atoms with Crippen LogP contribution in [-0.2, 0) is 4.79 Å². The first-order chi connectivity index (χ1) is 10.9. The lowest BCUT2D eigenvalue weighted by Crippen LogP contribution is -2.17. The molecule has 2 aromatic rings. The van der Waals surface area contributed by atoms with Crippen LogP contribution in [-0.4, -0.2) is 12.5 Å². The minimum atomic E-state index is -1.53. The Bertz CT molecular complexity index is 732. The quantitative estimate of drug-likeness (QED) is 0.812. The third-order valence-corrected chi connectivity index (χ3v) is 3.36. The smallest absolute Gasteiger partial charge is 0.226 e. The summed E-state index contributed by atoms with van der Waals surface area (Å²) in [5.41, 5.74) is 2.57. The van der Waals surface area contributed by atoms with Gasteiger partial charge in [0.1, 0.15) is 0 Å². The molecule has 0 saturated carbocycles. The highest BCUT2D eigenvalue weighted by Crippen LogP contribution is 2.20. The number of amides is 1. The van der Waals surface area contributed by atoms with Crippen LogP contribution in [0.2, 0.25) is 0 Å². The molecule has 0 aliphatic carbocycles. The molecule has 122 valence electrons. The molecule has 3 nitrogen and oxygen atoms in total. The summed E-state index contributed by atoms with van der Waals surface area (Å²) >= 11 is 0. The predicted octanol–water partition coefficient (Wildman–Crippen LogP) is 4.16. The summed E-state index contributed by atoms with van der Waals surface area (Å²) in [6, 6.07) is 7.57. The fourth-order valence-corrected chi connectivity index (χ4v) is 2.14. The number of carbonyl (C=O) groups excluding carboxylic acids is 1. The largest absolute Gasteiger partial charge is 0.382 e. The molecule has 0 unspecified atom stereocenters. The summed E-state index contributed by atoms with van der Waals surface area (Å²) in [6.07, 6.45) is 0.0613. The first-order valence-electron chi connectivity index (χ1n) is 7.13. The van der Waals surface area contributed by atoms with Crippen LogP contribution < -0.4 is 10.6 Å². The highest BCUT2D eigenvalue weighted by molar-refractivity contribution is 5.91. The van der Waals surface area contributed by atoms with Crippen LogP contribution >= 0.6 is 0 Å². The van der Waals surface area contributed by atoms with Crippen molar-refractivity contribution in [3.8, 4) is 0 Å². The van der Waals surface area contributed by atoms with Crippen molar-refractivity contribution in [3.05, 3.63) is 58.9 Å². The molecule has 0 radical (unpaired) electrons. The number of halogens is 3. The van der Waals surface area contributed by atoms with Gasteiger partial charge in [-0.15, -0.1) is 0 Å². The first-order valence-corrected chi connectivity index (χ1v) is 7.13. The van der Waals surface area contributed by atoms with Gasteiger partial charge in [0.15, 0.2) is 17.5 Å². The number of carbonyl (C=O) groups is 1. The number of rotatable bonds is 5. The molecular weight excluding hydrogens is 305 g/mol. The molecule has 0 bridgehead atoms. The van der Waals surface area contributed by atoms with E-state index in [9.17, 15) is 18.0 Å². The van der Waals surface area contributed by atoms with Crippen molar-refractivity contribution in [1.29, 1.82) is 0 Å². The number of benzene rings is 2. The summed E-state index contributed by atoms with van der Waals surface area (Å²) in [6.45, 7) is 3.94. The number of aryl methyl sites for hydroxylation is 2. The number of hydrogen-bond donors (Lipinski definition) is 2. The van der Waals surface area contributed by atoms with Crippen molar-refractivity contribution >= 4 is 17.3 Å². The lowest BCUT2D eigenvalue weighted by atomic mass is 10.1. The molecule has 0 aromatic heterocycles. The van der Waals surface area contributed by atoms with Crippen LogP contribution in [0.3, 0.4) is 0 Å². The Balaban J connectivity index is 1.89. The minimum absolute atomic E-state index is 0.0613. The Hall–Kier alpha value is -2.50. The maximum atomic E-state index is 13.4. The topological polar surface area (TPSA) is 41.1 Å². The molecule has 0 fully saturated rings. The van der Waals surface area contributed by atoms with Crippen molar-refractivity contribution in [2.75, 3.05) is 17.2 Å². The Labute approximate surface area is 132 Å². The van der Waals surface area contributed by atoms with E-state index in [-0.39, 0.29) is 24.6 Å². The van der Waals surface area contributed by atoms with Crippen molar-refractivity contribution in [3.63, 3.8) is 0 Å². The average molecular weight is 322 g/mol. The van der Waals surface area contributed by atoms with Crippen molar-refractivity contribution < 1.29 is 18.0 Å². The van der Waals surface area contributed by atoms with Gasteiger partial charge >= 0.3 is 0 Å². The average Bonchev–Trinajstić information content (AvgIpc) is 2.50. The molecule has 2 aromatic carbocycles. The van der Waals surface area contributed by atoms with E-state index in [1.807, 2.05) is 32.0 Å². The lowest BCUT2D eigenvalue weighted by molar-refractivity contribution is -0.115. The molecule has 2 rings (SSSR count). The van der Waals surface area contributed by atoms with Crippen molar-refractivity contribution in [2.24, 2.45) is 0 Å². The predicted molar refractivity (Wildman–Crippen MR) is 84.0 cm³/mol. The molecule has 0 spiro atoms. The standard InChI is InChI=1S/C17H17F3N2O/c1-10-3-5-13(11(2)9-10)22-15(23)7-8-21-14-6-4-12(18)16(19)17(14)20/h3-6,9,21H,7-8H2,1-2H3,(H,22,23). The Morgan fingerprint density at radius 2 is 1.70 bits per heavy atom. The van der Waals surface area contributed by atoms with Gasteiger partial charge in [-0.2, -0.15) is 0 Å². The van der Waals surface area contributed by atoms with E-state index in [0.717, 1.165) is 23.3 Å². The molecule has 1 amide bonds. The SMILES string of the molecule is Cc1ccc(NC(=O)CCNc2ccc(F)c(F)c2F)c(C)c1. The molecule has 0 aliphatic heterocycles. The second kappa shape index (κ2) is 7.17. The van der Waals surface area contributed by atoms with Crippen LogP contribution in [0.4, 0.5) is 24.5 Å². The monoisotopic (exact) mass is 322 g/mol. The summed E-state index contributed by atoms with van der Waals surface area (Å²) < 4.78 is 39.3. The Kier molecular flexibility index (Phi) is 5.26. The Morgan fingerprint density at radius 3 is 2.39 bits per heavy atom. The van der Waals surface area contributed by atoms with Crippen LogP contribution in [0.5, 0.6) is 0 Å². The van der Waals surface area contributed by atoms with E-state index < -0.39 is 17.5 Å². The van der Waals surface area contributed by atoms with E-state index >= 15 is 0 Å². The first kappa shape index (κ1) is 16.9. The van der Waals surface area contributed by atoms with Crippen molar-refractivity contribution in [1.82, 2.24) is 0 Å². The van der Waals surface area contributed by atoms with E-state index in [1.54, 1.807) is 0 Å². The van der Waals surface area contributed by atoms with E-state index in [2.05, 4.69) is 10.6 Å². The van der Waals surface area contributed by atoms with Gasteiger partial charge in [0, 0.05) is 18.7 Å². The van der Waals surface area contributed by atoms with Gasteiger partial charge in [0.25, 0.3) is 0 Å². The third kappa shape index (κ3) is 4.25. The summed E-state index contributed by atoms with van der Waals surface area (Å²) in [7, 11) is 0. The zero-order valence-corrected chi connectivity index (χ0v) is 12.8. The van der Waals surface area contributed by atoms with Gasteiger partial charge < -0.3 is 10.6 Å². The summed E-state index contributed by atoms with van der Waals surface area (Å²) in [5, 5.41) is 5.33. The summed E-state index contributed by atoms with van der Waals surface area (Å²) in [5.74, 6) is -4.33. The molecule has 0 saturated heterocycles. The fraction of sp³-hybridized carbons (Fsp3) is 0.235. The zero-order chi connectivity index (χ0) is 17.0. The molecule has 6 heteroatoms. The number of nitrogens with one attached hydrogen (secondary N) is 2. The molecular formula is C17H17F3N2O. The normalized spacial score (nSPS) is 10.5. The van der Waals surface area contributed by atoms with Gasteiger partial charge in [-0.1, -0.05) is 17.7 Å². The third-order valence-electron chi connectivity index (χ3n) is 3.36. The summed E-state index contributed by atoms with van der Waals surface area (Å²) in [4.78, 5) is 11.9. The Morgan fingerprint density at radius 1 is 1.00 bits per heavy atom. The van der Waals surface area contributed by atoms with E-state index in [0.29, 0.717) is 5.69 Å². The van der Waals surface area contributed by atoms with Gasteiger partial charge in [0.2, 0.25) is 5.91 Å². The second-order valence-electron chi connectivity index (χ2n) is 5.27. The van der Waals surface area contributed by atoms with Gasteiger partial charge in [-0.3, -0.25) is 4.79 Å². The second-order valence-corrected chi connectivity index (χ2v) is 5.27. The van der Waals surface area contributed by atoms with Gasteiger partial charge in [-0.05, 0) is 37.6 Å². The highest BCUT2D eigenvalue weighted by atomic mass is 19.2. The lowest BCUT2D eigenvalue weighted by Gasteiger charge is -2.11. The maximum absolute atomic E-state index is 13.4. The molecule has 0 heterocycles. The van der Waals surface area contributed by atoms with Crippen LogP contribution in [0.1, 0.15) is 17.5 Å². The maximum Gasteiger partial charge on any atom is 0.226 e. The van der Waals surface area contributed by atoms with Crippen LogP contribution in [0.15, 0.2) is 30.3 Å². The van der Waals surface area contributed by atoms with Gasteiger partial charge in [-0.25, -0.2) is 13.2 Å². The minimum Gasteiger partial charge on any atom is -0.382 e.